The van der Waals surface area contributed by atoms with Crippen LogP contribution in [0, 0.1) is 12.8 Å². The Labute approximate surface area is 405 Å². The lowest BCUT2D eigenvalue weighted by Crippen LogP contribution is -2.48. The summed E-state index contributed by atoms with van der Waals surface area (Å²) in [5.74, 6) is -0.374. The number of unbranched alkanes of at least 4 members (excludes halogenated alkanes) is 1. The number of nitrogen functional groups attached to an aromatic ring is 1. The molecule has 4 atom stereocenters. The number of carbonyl (C=O) groups excluding carboxylic acids is 3. The molecule has 0 unspecified atom stereocenters. The number of nitrogens with one attached hydrogen (secondary N) is 3. The summed E-state index contributed by atoms with van der Waals surface area (Å²) in [6, 6.07) is 24.9. The molecule has 18 heteroatoms. The number of likely N-dealkylation sites (tertiary alicyclic amines) is 1. The zero-order valence-corrected chi connectivity index (χ0v) is 40.2. The van der Waals surface area contributed by atoms with E-state index < -0.39 is 18.1 Å². The molecular weight excluding hydrogens is 899 g/mol. The standard InChI is InChI=1S/C51H61N9O8S/c1-31(2)47(51(65)60-29-38(61)25-41(60)50(64)56-32(3)36-16-18-37(19-17-36)48-33(4)55-30-69-48)43-27-46(59-68-43)67-24-22-53-21-8-7-11-45(63)54-28-35-14-12-34(13-15-35)20-23-66-44-26-40(57-58-49(44)52)39-9-5-6-10-42(39)62/h5-6,9-10,12-19,26-27,30-32,38,41,47,53,61-62H,7-8,11,20-25,28-29H2,1-4H3,(H2,52,58)(H,54,63)(H,56,64)/t32-,38+,41-,47+/m0/s1. The van der Waals surface area contributed by atoms with E-state index in [0.717, 1.165) is 45.7 Å². The van der Waals surface area contributed by atoms with Crippen LogP contribution in [0.2, 0.25) is 0 Å². The zero-order chi connectivity index (χ0) is 48.9. The van der Waals surface area contributed by atoms with Gasteiger partial charge in [0.05, 0.1) is 34.8 Å². The Morgan fingerprint density at radius 1 is 0.942 bits per heavy atom. The van der Waals surface area contributed by atoms with Crippen LogP contribution in [0.3, 0.4) is 0 Å². The predicted octanol–water partition coefficient (Wildman–Crippen LogP) is 6.51. The van der Waals surface area contributed by atoms with Crippen molar-refractivity contribution in [2.75, 3.05) is 38.6 Å². The number of thiazole rings is 1. The molecule has 6 aromatic rings. The fourth-order valence-corrected chi connectivity index (χ4v) is 9.01. The van der Waals surface area contributed by atoms with Gasteiger partial charge in [-0.2, -0.15) is 0 Å². The Kier molecular flexibility index (Phi) is 17.3. The molecule has 69 heavy (non-hydrogen) atoms. The van der Waals surface area contributed by atoms with Gasteiger partial charge in [0.2, 0.25) is 17.7 Å². The first-order valence-electron chi connectivity index (χ1n) is 23.3. The largest absolute Gasteiger partial charge is 0.507 e. The van der Waals surface area contributed by atoms with Gasteiger partial charge in [0.15, 0.2) is 17.3 Å². The van der Waals surface area contributed by atoms with Gasteiger partial charge < -0.3 is 50.8 Å². The number of carbonyl (C=O) groups is 3. The van der Waals surface area contributed by atoms with Gasteiger partial charge in [-0.05, 0) is 78.7 Å². The molecule has 3 amide bonds. The van der Waals surface area contributed by atoms with Crippen molar-refractivity contribution in [2.45, 2.75) is 90.4 Å². The number of aryl methyl sites for hydroxylation is 1. The van der Waals surface area contributed by atoms with E-state index in [1.54, 1.807) is 47.7 Å². The summed E-state index contributed by atoms with van der Waals surface area (Å²) in [5, 5.41) is 42.3. The molecule has 0 aliphatic carbocycles. The highest BCUT2D eigenvalue weighted by Crippen LogP contribution is 2.34. The molecule has 17 nitrogen and oxygen atoms in total. The van der Waals surface area contributed by atoms with Crippen molar-refractivity contribution < 1.29 is 38.6 Å². The van der Waals surface area contributed by atoms with Gasteiger partial charge in [-0.1, -0.05) is 74.5 Å². The number of anilines is 1. The summed E-state index contributed by atoms with van der Waals surface area (Å²) >= 11 is 1.58. The number of ether oxygens (including phenoxy) is 2. The van der Waals surface area contributed by atoms with Crippen molar-refractivity contribution in [2.24, 2.45) is 5.92 Å². The maximum atomic E-state index is 14.1. The van der Waals surface area contributed by atoms with Gasteiger partial charge in [-0.25, -0.2) is 4.98 Å². The molecule has 0 bridgehead atoms. The van der Waals surface area contributed by atoms with Crippen LogP contribution in [0.5, 0.6) is 17.4 Å². The molecule has 3 aromatic carbocycles. The summed E-state index contributed by atoms with van der Waals surface area (Å²) in [5.41, 5.74) is 13.8. The number of hydrogen-bond acceptors (Lipinski definition) is 15. The number of hydrogen-bond donors (Lipinski definition) is 6. The molecule has 1 fully saturated rings. The zero-order valence-electron chi connectivity index (χ0n) is 39.4. The van der Waals surface area contributed by atoms with E-state index in [4.69, 9.17) is 19.7 Å². The van der Waals surface area contributed by atoms with Gasteiger partial charge >= 0.3 is 0 Å². The smallest absolute Gasteiger partial charge is 0.254 e. The third-order valence-corrected chi connectivity index (χ3v) is 13.0. The highest BCUT2D eigenvalue weighted by Gasteiger charge is 2.43. The lowest BCUT2D eigenvalue weighted by molar-refractivity contribution is -0.141. The summed E-state index contributed by atoms with van der Waals surface area (Å²) in [6.07, 6.45) is 1.86. The lowest BCUT2D eigenvalue weighted by atomic mass is 9.91. The average molecular weight is 960 g/mol. The van der Waals surface area contributed by atoms with Crippen molar-refractivity contribution in [3.63, 3.8) is 0 Å². The third kappa shape index (κ3) is 13.4. The van der Waals surface area contributed by atoms with Crippen molar-refractivity contribution in [1.82, 2.24) is 41.2 Å². The second kappa shape index (κ2) is 23.9. The molecule has 1 saturated heterocycles. The van der Waals surface area contributed by atoms with Crippen molar-refractivity contribution in [3.05, 3.63) is 119 Å². The summed E-state index contributed by atoms with van der Waals surface area (Å²) in [6.45, 7) is 10.0. The normalized spacial score (nSPS) is 15.5. The minimum atomic E-state index is -0.842. The Balaban J connectivity index is 0.768. The number of nitrogens with zero attached hydrogens (tertiary/aromatic N) is 5. The van der Waals surface area contributed by atoms with Crippen molar-refractivity contribution >= 4 is 34.9 Å². The first-order valence-corrected chi connectivity index (χ1v) is 24.2. The van der Waals surface area contributed by atoms with E-state index in [1.807, 2.05) is 81.7 Å². The van der Waals surface area contributed by atoms with E-state index in [0.29, 0.717) is 68.5 Å². The summed E-state index contributed by atoms with van der Waals surface area (Å²) < 4.78 is 17.4. The highest BCUT2D eigenvalue weighted by atomic mass is 32.1. The minimum Gasteiger partial charge on any atom is -0.507 e. The van der Waals surface area contributed by atoms with E-state index in [2.05, 4.69) is 36.3 Å². The van der Waals surface area contributed by atoms with Crippen LogP contribution in [0.25, 0.3) is 21.7 Å². The number of aliphatic hydroxyl groups excluding tert-OH is 1. The lowest BCUT2D eigenvalue weighted by Gasteiger charge is -2.29. The van der Waals surface area contributed by atoms with Gasteiger partial charge in [-0.3, -0.25) is 14.4 Å². The number of aliphatic hydroxyl groups is 1. The molecule has 1 aliphatic heterocycles. The molecule has 364 valence electrons. The number of para-hydroxylation sites is 1. The fourth-order valence-electron chi connectivity index (χ4n) is 8.20. The Morgan fingerprint density at radius 3 is 2.45 bits per heavy atom. The summed E-state index contributed by atoms with van der Waals surface area (Å²) in [7, 11) is 0. The van der Waals surface area contributed by atoms with E-state index in [1.165, 1.54) is 4.90 Å². The van der Waals surface area contributed by atoms with Gasteiger partial charge in [-0.15, -0.1) is 21.5 Å². The van der Waals surface area contributed by atoms with E-state index in [-0.39, 0.29) is 60.1 Å². The first kappa shape index (κ1) is 50.0. The molecule has 3 aromatic heterocycles. The van der Waals surface area contributed by atoms with Crippen LogP contribution in [-0.4, -0.2) is 98.2 Å². The van der Waals surface area contributed by atoms with Crippen LogP contribution < -0.4 is 31.2 Å². The van der Waals surface area contributed by atoms with Crippen LogP contribution in [-0.2, 0) is 27.3 Å². The predicted molar refractivity (Wildman–Crippen MR) is 262 cm³/mol. The average Bonchev–Trinajstić information content (AvgIpc) is 4.10. The molecule has 4 heterocycles. The number of phenols is 1. The van der Waals surface area contributed by atoms with Crippen LogP contribution >= 0.6 is 11.3 Å². The maximum absolute atomic E-state index is 14.1. The Morgan fingerprint density at radius 2 is 1.71 bits per heavy atom. The fraction of sp³-hybridized carbons (Fsp3) is 0.392. The van der Waals surface area contributed by atoms with Crippen LogP contribution in [0.1, 0.15) is 86.6 Å². The minimum absolute atomic E-state index is 0.0166. The third-order valence-electron chi connectivity index (χ3n) is 12.1. The van der Waals surface area contributed by atoms with Gasteiger partial charge in [0.1, 0.15) is 30.0 Å². The second-order valence-corrected chi connectivity index (χ2v) is 18.4. The second-order valence-electron chi connectivity index (χ2n) is 17.5. The van der Waals surface area contributed by atoms with E-state index in [9.17, 15) is 24.6 Å². The summed E-state index contributed by atoms with van der Waals surface area (Å²) in [4.78, 5) is 47.2. The molecular formula is C51H61N9O8S. The Hall–Kier alpha value is -6.89. The number of benzene rings is 3. The monoisotopic (exact) mass is 959 g/mol. The Bertz CT molecular complexity index is 2640. The topological polar surface area (TPSA) is 240 Å². The van der Waals surface area contributed by atoms with Crippen molar-refractivity contribution in [3.8, 4) is 39.1 Å². The highest BCUT2D eigenvalue weighted by molar-refractivity contribution is 7.13. The quantitative estimate of drug-likeness (QED) is 0.0376. The first-order chi connectivity index (χ1) is 33.3. The molecule has 1 aliphatic rings. The van der Waals surface area contributed by atoms with Crippen LogP contribution in [0.15, 0.2) is 95.0 Å². The van der Waals surface area contributed by atoms with E-state index >= 15 is 0 Å². The van der Waals surface area contributed by atoms with Gasteiger partial charge in [0.25, 0.3) is 5.88 Å². The number of rotatable bonds is 23. The number of nitrogens with two attached hydrogens (primary N) is 1. The number of amides is 3. The SMILES string of the molecule is Cc1ncsc1-c1ccc([C@H](C)NC(=O)[C@@H]2C[C@@H](O)CN2C(=O)[C@@H](c2cc(OCCNCCCCC(=O)NCc3ccc(CCOc4cc(-c5ccccc5O)nnc4N)cc3)no2)C(C)C)cc1. The molecule has 7 N–H and O–H groups in total. The molecule has 0 radical (unpaired) electrons. The number of phenolic OH excluding ortho intramolecular Hbond substituents is 1. The molecule has 0 saturated carbocycles. The number of aromatic nitrogens is 4. The number of β-amino-alcohol motifs (C(OH)–C–C–N with tert-alkyl or cyclic N) is 1. The molecule has 0 spiro atoms. The van der Waals surface area contributed by atoms with Crippen molar-refractivity contribution in [1.29, 1.82) is 0 Å². The van der Waals surface area contributed by atoms with Crippen LogP contribution in [0.4, 0.5) is 5.82 Å². The number of aromatic hydroxyl groups is 1. The maximum Gasteiger partial charge on any atom is 0.254 e. The van der Waals surface area contributed by atoms with Gasteiger partial charge in [0, 0.05) is 56.6 Å². The molecule has 7 rings (SSSR count).